The zero-order valence-corrected chi connectivity index (χ0v) is 11.2. The first-order valence-electron chi connectivity index (χ1n) is 5.91. The molecule has 1 heterocycles. The number of anilines is 2. The summed E-state index contributed by atoms with van der Waals surface area (Å²) >= 11 is 0. The molecule has 0 unspecified atom stereocenters. The van der Waals surface area contributed by atoms with Crippen LogP contribution in [0.2, 0.25) is 0 Å². The van der Waals surface area contributed by atoms with E-state index in [1.165, 1.54) is 0 Å². The molecule has 18 heavy (non-hydrogen) atoms. The summed E-state index contributed by atoms with van der Waals surface area (Å²) < 4.78 is 28.3. The monoisotopic (exact) mass is 270 g/mol. The molecule has 0 aliphatic carbocycles. The van der Waals surface area contributed by atoms with Gasteiger partial charge in [-0.2, -0.15) is 0 Å². The van der Waals surface area contributed by atoms with Crippen LogP contribution in [-0.4, -0.2) is 40.1 Å². The van der Waals surface area contributed by atoms with E-state index in [1.54, 1.807) is 13.2 Å². The van der Waals surface area contributed by atoms with Gasteiger partial charge in [-0.05, 0) is 18.6 Å². The van der Waals surface area contributed by atoms with E-state index in [0.29, 0.717) is 24.4 Å². The number of nitrogens with two attached hydrogens (primary N) is 1. The standard InChI is InChI=1S/C12H18N2O3S/c1-17-12-9-10(3-4-11(12)13)14-5-2-7-18(15,16)8-6-14/h3-4,9H,2,5-8,13H2,1H3. The van der Waals surface area contributed by atoms with Gasteiger partial charge in [-0.3, -0.25) is 0 Å². The highest BCUT2D eigenvalue weighted by atomic mass is 32.2. The minimum atomic E-state index is -2.88. The van der Waals surface area contributed by atoms with Gasteiger partial charge in [0.2, 0.25) is 0 Å². The average molecular weight is 270 g/mol. The second-order valence-corrected chi connectivity index (χ2v) is 6.72. The topological polar surface area (TPSA) is 72.6 Å². The third-order valence-electron chi connectivity index (χ3n) is 3.14. The largest absolute Gasteiger partial charge is 0.495 e. The van der Waals surface area contributed by atoms with Gasteiger partial charge in [-0.15, -0.1) is 0 Å². The van der Waals surface area contributed by atoms with Crippen molar-refractivity contribution in [2.24, 2.45) is 0 Å². The predicted octanol–water partition coefficient (Wildman–Crippen LogP) is 0.902. The van der Waals surface area contributed by atoms with Crippen LogP contribution in [0.4, 0.5) is 11.4 Å². The summed E-state index contributed by atoms with van der Waals surface area (Å²) in [4.78, 5) is 2.06. The van der Waals surface area contributed by atoms with Crippen molar-refractivity contribution in [3.05, 3.63) is 18.2 Å². The van der Waals surface area contributed by atoms with E-state index in [4.69, 9.17) is 10.5 Å². The van der Waals surface area contributed by atoms with Crippen LogP contribution in [0.5, 0.6) is 5.75 Å². The van der Waals surface area contributed by atoms with Gasteiger partial charge in [-0.1, -0.05) is 0 Å². The van der Waals surface area contributed by atoms with Crippen LogP contribution >= 0.6 is 0 Å². The van der Waals surface area contributed by atoms with Crippen molar-refractivity contribution < 1.29 is 13.2 Å². The minimum absolute atomic E-state index is 0.208. The number of hydrogen-bond acceptors (Lipinski definition) is 5. The zero-order valence-electron chi connectivity index (χ0n) is 10.4. The van der Waals surface area contributed by atoms with E-state index < -0.39 is 9.84 Å². The number of rotatable bonds is 2. The molecule has 0 aromatic heterocycles. The van der Waals surface area contributed by atoms with E-state index in [1.807, 2.05) is 12.1 Å². The normalized spacial score (nSPS) is 19.3. The number of benzene rings is 1. The Morgan fingerprint density at radius 3 is 2.78 bits per heavy atom. The lowest BCUT2D eigenvalue weighted by Gasteiger charge is -2.22. The van der Waals surface area contributed by atoms with Crippen molar-refractivity contribution in [1.29, 1.82) is 0 Å². The second-order valence-electron chi connectivity index (χ2n) is 4.42. The maximum atomic E-state index is 11.6. The Kier molecular flexibility index (Phi) is 3.65. The van der Waals surface area contributed by atoms with Crippen molar-refractivity contribution in [2.75, 3.05) is 42.3 Å². The smallest absolute Gasteiger partial charge is 0.152 e. The number of methoxy groups -OCH3 is 1. The Morgan fingerprint density at radius 2 is 2.06 bits per heavy atom. The zero-order chi connectivity index (χ0) is 13.2. The summed E-state index contributed by atoms with van der Waals surface area (Å²) in [6, 6.07) is 5.54. The lowest BCUT2D eigenvalue weighted by Crippen LogP contribution is -2.26. The van der Waals surface area contributed by atoms with E-state index in [-0.39, 0.29) is 11.5 Å². The van der Waals surface area contributed by atoms with Gasteiger partial charge in [0.1, 0.15) is 5.75 Å². The number of ether oxygens (including phenoxy) is 1. The summed E-state index contributed by atoms with van der Waals surface area (Å²) in [5, 5.41) is 0. The Hall–Kier alpha value is -1.43. The molecule has 1 aliphatic heterocycles. The van der Waals surface area contributed by atoms with Gasteiger partial charge < -0.3 is 15.4 Å². The number of nitrogen functional groups attached to an aromatic ring is 1. The van der Waals surface area contributed by atoms with Crippen molar-refractivity contribution in [2.45, 2.75) is 6.42 Å². The summed E-state index contributed by atoms with van der Waals surface area (Å²) in [5.41, 5.74) is 7.31. The maximum absolute atomic E-state index is 11.6. The average Bonchev–Trinajstić information content (AvgIpc) is 2.51. The first-order valence-corrected chi connectivity index (χ1v) is 7.73. The molecule has 0 saturated carbocycles. The van der Waals surface area contributed by atoms with E-state index in [2.05, 4.69) is 4.90 Å². The van der Waals surface area contributed by atoms with Crippen LogP contribution in [0.15, 0.2) is 18.2 Å². The quantitative estimate of drug-likeness (QED) is 0.808. The summed E-state index contributed by atoms with van der Waals surface area (Å²) in [7, 11) is -1.31. The first kappa shape index (κ1) is 13.0. The van der Waals surface area contributed by atoms with Crippen LogP contribution in [0.25, 0.3) is 0 Å². The summed E-state index contributed by atoms with van der Waals surface area (Å²) in [6.07, 6.45) is 0.662. The molecule has 2 rings (SSSR count). The number of nitrogens with zero attached hydrogens (tertiary/aromatic N) is 1. The van der Waals surface area contributed by atoms with Crippen molar-refractivity contribution in [3.63, 3.8) is 0 Å². The molecule has 1 fully saturated rings. The van der Waals surface area contributed by atoms with E-state index in [9.17, 15) is 8.42 Å². The molecule has 1 aromatic rings. The third-order valence-corrected chi connectivity index (χ3v) is 4.85. The van der Waals surface area contributed by atoms with Crippen molar-refractivity contribution in [3.8, 4) is 5.75 Å². The van der Waals surface area contributed by atoms with Crippen molar-refractivity contribution >= 4 is 21.2 Å². The van der Waals surface area contributed by atoms with Gasteiger partial charge in [-0.25, -0.2) is 8.42 Å². The molecule has 0 atom stereocenters. The van der Waals surface area contributed by atoms with Gasteiger partial charge in [0, 0.05) is 24.8 Å². The highest BCUT2D eigenvalue weighted by molar-refractivity contribution is 7.91. The van der Waals surface area contributed by atoms with E-state index >= 15 is 0 Å². The summed E-state index contributed by atoms with van der Waals surface area (Å²) in [5.74, 6) is 1.11. The maximum Gasteiger partial charge on any atom is 0.152 e. The van der Waals surface area contributed by atoms with E-state index in [0.717, 1.165) is 12.2 Å². The van der Waals surface area contributed by atoms with Gasteiger partial charge in [0.25, 0.3) is 0 Å². The number of sulfone groups is 1. The predicted molar refractivity (Wildman–Crippen MR) is 72.9 cm³/mol. The SMILES string of the molecule is COc1cc(N2CCCS(=O)(=O)CC2)ccc1N. The van der Waals surface area contributed by atoms with Gasteiger partial charge >= 0.3 is 0 Å². The lowest BCUT2D eigenvalue weighted by atomic mass is 10.2. The van der Waals surface area contributed by atoms with Gasteiger partial charge in [0.15, 0.2) is 9.84 Å². The summed E-state index contributed by atoms with van der Waals surface area (Å²) in [6.45, 7) is 1.27. The molecule has 6 heteroatoms. The molecule has 100 valence electrons. The molecule has 1 aromatic carbocycles. The first-order chi connectivity index (χ1) is 8.52. The fourth-order valence-electron chi connectivity index (χ4n) is 2.09. The minimum Gasteiger partial charge on any atom is -0.495 e. The number of hydrogen-bond donors (Lipinski definition) is 1. The molecular formula is C12H18N2O3S. The molecule has 0 radical (unpaired) electrons. The third kappa shape index (κ3) is 2.87. The van der Waals surface area contributed by atoms with Crippen LogP contribution in [0.3, 0.4) is 0 Å². The highest BCUT2D eigenvalue weighted by Gasteiger charge is 2.19. The molecule has 0 spiro atoms. The Morgan fingerprint density at radius 1 is 1.28 bits per heavy atom. The van der Waals surface area contributed by atoms with Gasteiger partial charge in [0.05, 0.1) is 24.3 Å². The second kappa shape index (κ2) is 5.06. The highest BCUT2D eigenvalue weighted by Crippen LogP contribution is 2.28. The molecular weight excluding hydrogens is 252 g/mol. The van der Waals surface area contributed by atoms with Crippen LogP contribution in [0.1, 0.15) is 6.42 Å². The Balaban J connectivity index is 2.21. The molecule has 1 aliphatic rings. The molecule has 0 amide bonds. The fourth-order valence-corrected chi connectivity index (χ4v) is 3.36. The fraction of sp³-hybridized carbons (Fsp3) is 0.500. The molecule has 5 nitrogen and oxygen atoms in total. The van der Waals surface area contributed by atoms with Crippen LogP contribution in [0, 0.1) is 0 Å². The van der Waals surface area contributed by atoms with Crippen molar-refractivity contribution in [1.82, 2.24) is 0 Å². The van der Waals surface area contributed by atoms with Crippen LogP contribution < -0.4 is 15.4 Å². The lowest BCUT2D eigenvalue weighted by molar-refractivity contribution is 0.417. The molecule has 2 N–H and O–H groups in total. The molecule has 1 saturated heterocycles. The Bertz CT molecular complexity index is 528. The Labute approximate surface area is 107 Å². The molecule has 0 bridgehead atoms. The van der Waals surface area contributed by atoms with Crippen LogP contribution in [-0.2, 0) is 9.84 Å².